The molecule has 0 aliphatic carbocycles. The molecule has 13 nitrogen and oxygen atoms in total. The molecular weight excluding hydrogens is 556 g/mol. The lowest BCUT2D eigenvalue weighted by molar-refractivity contribution is 0.211. The van der Waals surface area contributed by atoms with Crippen LogP contribution >= 0.6 is 0 Å². The maximum atomic E-state index is 9.06. The molecule has 13 heteroatoms. The molecule has 0 atom stereocenters. The highest BCUT2D eigenvalue weighted by Gasteiger charge is 2.22. The predicted octanol–water partition coefficient (Wildman–Crippen LogP) is 4.16. The number of hydrogen-bond donors (Lipinski definition) is 2. The summed E-state index contributed by atoms with van der Waals surface area (Å²) in [5.74, 6) is 2.71. The van der Waals surface area contributed by atoms with Crippen molar-refractivity contribution in [2.45, 2.75) is 32.4 Å². The minimum absolute atomic E-state index is 0.175. The zero-order valence-electron chi connectivity index (χ0n) is 23.9. The molecule has 1 aliphatic heterocycles. The molecule has 0 unspecified atom stereocenters. The van der Waals surface area contributed by atoms with Crippen LogP contribution in [-0.2, 0) is 6.54 Å². The van der Waals surface area contributed by atoms with Crippen molar-refractivity contribution in [2.75, 3.05) is 24.1 Å². The van der Waals surface area contributed by atoms with Gasteiger partial charge in [-0.3, -0.25) is 9.47 Å². The molecular formula is C31H28N12O. The summed E-state index contributed by atoms with van der Waals surface area (Å²) in [6.07, 6.45) is 5.23. The van der Waals surface area contributed by atoms with E-state index in [1.54, 1.807) is 25.4 Å². The molecule has 0 saturated carbocycles. The van der Waals surface area contributed by atoms with Gasteiger partial charge in [-0.25, -0.2) is 24.9 Å². The molecule has 0 radical (unpaired) electrons. The Labute approximate surface area is 252 Å². The van der Waals surface area contributed by atoms with E-state index in [4.69, 9.17) is 25.4 Å². The number of hydrogen-bond acceptors (Lipinski definition) is 12. The van der Waals surface area contributed by atoms with Crippen LogP contribution in [0, 0.1) is 18.3 Å². The summed E-state index contributed by atoms with van der Waals surface area (Å²) in [7, 11) is 0. The first kappa shape index (κ1) is 27.1. The molecule has 0 bridgehead atoms. The van der Waals surface area contributed by atoms with E-state index in [1.807, 2.05) is 34.9 Å². The number of aryl methyl sites for hydroxylation is 1. The largest absolute Gasteiger partial charge is 0.420 e. The van der Waals surface area contributed by atoms with Crippen LogP contribution in [0.5, 0.6) is 0 Å². The zero-order valence-corrected chi connectivity index (χ0v) is 23.9. The second-order valence-corrected chi connectivity index (χ2v) is 10.6. The van der Waals surface area contributed by atoms with Crippen LogP contribution in [0.15, 0.2) is 71.4 Å². The lowest BCUT2D eigenvalue weighted by atomic mass is 10.0. The number of nitrogens with one attached hydrogen (secondary N) is 1. The molecule has 0 spiro atoms. The van der Waals surface area contributed by atoms with Gasteiger partial charge in [-0.05, 0) is 60.9 Å². The van der Waals surface area contributed by atoms with E-state index < -0.39 is 0 Å². The van der Waals surface area contributed by atoms with Crippen LogP contribution in [0.2, 0.25) is 0 Å². The van der Waals surface area contributed by atoms with E-state index in [-0.39, 0.29) is 5.82 Å². The Balaban J connectivity index is 1.13. The Morgan fingerprint density at radius 3 is 2.57 bits per heavy atom. The Kier molecular flexibility index (Phi) is 7.09. The minimum Gasteiger partial charge on any atom is -0.420 e. The predicted molar refractivity (Wildman–Crippen MR) is 163 cm³/mol. The highest BCUT2D eigenvalue weighted by molar-refractivity contribution is 5.84. The Bertz CT molecular complexity index is 1980. The fourth-order valence-corrected chi connectivity index (χ4v) is 5.45. The van der Waals surface area contributed by atoms with E-state index >= 15 is 0 Å². The number of pyridine rings is 2. The monoisotopic (exact) mass is 584 g/mol. The number of imidazole rings is 1. The fraction of sp³-hybridized carbons (Fsp3) is 0.226. The van der Waals surface area contributed by atoms with Gasteiger partial charge < -0.3 is 15.5 Å². The SMILES string of the molecule is Cc1nnc(-c2ccc3nc(-c4cccnc4N)n(-c4ccc(CN5CCC(Nc6ccnc(C#N)n6)CC5)cc4)c3n2)o1. The van der Waals surface area contributed by atoms with Crippen LogP contribution in [0.4, 0.5) is 11.6 Å². The number of fused-ring (bicyclic) bond motifs is 1. The smallest absolute Gasteiger partial charge is 0.266 e. The van der Waals surface area contributed by atoms with Crippen molar-refractivity contribution in [1.29, 1.82) is 5.26 Å². The van der Waals surface area contributed by atoms with E-state index in [1.165, 1.54) is 5.56 Å². The van der Waals surface area contributed by atoms with E-state index in [0.717, 1.165) is 38.2 Å². The second kappa shape index (κ2) is 11.5. The number of nitrogens with two attached hydrogens (primary N) is 1. The van der Waals surface area contributed by atoms with Gasteiger partial charge in [0.2, 0.25) is 11.7 Å². The average Bonchev–Trinajstić information content (AvgIpc) is 3.66. The van der Waals surface area contributed by atoms with Gasteiger partial charge in [0, 0.05) is 50.7 Å². The standard InChI is InChI=1S/C31H28N12O/c1-19-40-41-31(44-19)25-9-8-24-30(38-25)43(29(37-24)23-3-2-13-35-28(23)33)22-6-4-20(5-7-22)18-42-15-11-21(12-16-42)36-26-10-14-34-27(17-32)39-26/h2-10,13-14,21H,11-12,15-16,18H2,1H3,(H2,33,35)(H,34,36,39). The first-order chi connectivity index (χ1) is 21.5. The molecule has 1 aliphatic rings. The van der Waals surface area contributed by atoms with Gasteiger partial charge in [-0.15, -0.1) is 10.2 Å². The summed E-state index contributed by atoms with van der Waals surface area (Å²) in [6, 6.07) is 20.0. The van der Waals surface area contributed by atoms with Crippen molar-refractivity contribution in [3.8, 4) is 34.7 Å². The Hall–Kier alpha value is -5.74. The fourth-order valence-electron chi connectivity index (χ4n) is 5.45. The number of rotatable bonds is 7. The number of anilines is 2. The van der Waals surface area contributed by atoms with Crippen LogP contribution in [0.25, 0.3) is 39.8 Å². The van der Waals surface area contributed by atoms with Crippen molar-refractivity contribution in [3.05, 3.63) is 84.3 Å². The maximum absolute atomic E-state index is 9.06. The molecule has 218 valence electrons. The highest BCUT2D eigenvalue weighted by Crippen LogP contribution is 2.32. The van der Waals surface area contributed by atoms with Gasteiger partial charge in [-0.1, -0.05) is 12.1 Å². The lowest BCUT2D eigenvalue weighted by Gasteiger charge is -2.32. The number of nitriles is 1. The molecule has 0 amide bonds. The van der Waals surface area contributed by atoms with Gasteiger partial charge in [0.15, 0.2) is 11.5 Å². The summed E-state index contributed by atoms with van der Waals surface area (Å²) in [4.78, 5) is 24.7. The third kappa shape index (κ3) is 5.41. The number of benzene rings is 1. The molecule has 3 N–H and O–H groups in total. The molecule has 7 rings (SSSR count). The molecule has 1 fully saturated rings. The molecule has 1 saturated heterocycles. The number of aromatic nitrogens is 8. The van der Waals surface area contributed by atoms with Crippen molar-refractivity contribution in [2.24, 2.45) is 0 Å². The van der Waals surface area contributed by atoms with Crippen LogP contribution in [-0.4, -0.2) is 63.7 Å². The Morgan fingerprint density at radius 1 is 0.977 bits per heavy atom. The van der Waals surface area contributed by atoms with Gasteiger partial charge in [0.05, 0.1) is 5.56 Å². The van der Waals surface area contributed by atoms with Crippen LogP contribution < -0.4 is 11.1 Å². The topological polar surface area (TPSA) is 173 Å². The molecule has 5 aromatic heterocycles. The van der Waals surface area contributed by atoms with Crippen LogP contribution in [0.3, 0.4) is 0 Å². The quantitative estimate of drug-likeness (QED) is 0.275. The van der Waals surface area contributed by atoms with Crippen molar-refractivity contribution in [1.82, 2.24) is 44.6 Å². The number of nitrogens with zero attached hydrogens (tertiary/aromatic N) is 10. The second-order valence-electron chi connectivity index (χ2n) is 10.6. The summed E-state index contributed by atoms with van der Waals surface area (Å²) < 4.78 is 7.63. The highest BCUT2D eigenvalue weighted by atomic mass is 16.4. The first-order valence-corrected chi connectivity index (χ1v) is 14.3. The van der Waals surface area contributed by atoms with Gasteiger partial charge in [0.25, 0.3) is 5.89 Å². The number of piperidine rings is 1. The molecule has 1 aromatic carbocycles. The molecule has 6 heterocycles. The van der Waals surface area contributed by atoms with Gasteiger partial charge in [0.1, 0.15) is 28.9 Å². The number of nitrogen functional groups attached to an aromatic ring is 1. The van der Waals surface area contributed by atoms with Crippen molar-refractivity contribution < 1.29 is 4.42 Å². The third-order valence-corrected chi connectivity index (χ3v) is 7.62. The van der Waals surface area contributed by atoms with E-state index in [2.05, 4.69) is 59.6 Å². The normalized spacial score (nSPS) is 14.1. The Morgan fingerprint density at radius 2 is 1.82 bits per heavy atom. The van der Waals surface area contributed by atoms with Crippen molar-refractivity contribution >= 4 is 22.8 Å². The maximum Gasteiger partial charge on any atom is 0.266 e. The first-order valence-electron chi connectivity index (χ1n) is 14.3. The van der Waals surface area contributed by atoms with E-state index in [9.17, 15) is 0 Å². The molecule has 6 aromatic rings. The minimum atomic E-state index is 0.175. The van der Waals surface area contributed by atoms with E-state index in [0.29, 0.717) is 57.7 Å². The average molecular weight is 585 g/mol. The lowest BCUT2D eigenvalue weighted by Crippen LogP contribution is -2.38. The van der Waals surface area contributed by atoms with Gasteiger partial charge >= 0.3 is 0 Å². The van der Waals surface area contributed by atoms with Crippen molar-refractivity contribution in [3.63, 3.8) is 0 Å². The van der Waals surface area contributed by atoms with Gasteiger partial charge in [-0.2, -0.15) is 5.26 Å². The molecule has 44 heavy (non-hydrogen) atoms. The zero-order chi connectivity index (χ0) is 30.0. The third-order valence-electron chi connectivity index (χ3n) is 7.62. The summed E-state index contributed by atoms with van der Waals surface area (Å²) >= 11 is 0. The summed E-state index contributed by atoms with van der Waals surface area (Å²) in [5, 5.41) is 20.6. The van der Waals surface area contributed by atoms with Crippen LogP contribution in [0.1, 0.15) is 30.1 Å². The summed E-state index contributed by atoms with van der Waals surface area (Å²) in [6.45, 7) is 4.49. The summed E-state index contributed by atoms with van der Waals surface area (Å²) in [5.41, 5.74) is 11.0. The number of likely N-dealkylation sites (tertiary alicyclic amines) is 1.